The minimum atomic E-state index is -0.833. The lowest BCUT2D eigenvalue weighted by Crippen LogP contribution is -2.45. The summed E-state index contributed by atoms with van der Waals surface area (Å²) in [5, 5.41) is 2.84. The number of benzene rings is 3. The van der Waals surface area contributed by atoms with E-state index in [4.69, 9.17) is 0 Å². The van der Waals surface area contributed by atoms with Gasteiger partial charge < -0.3 is 10.2 Å². The number of carbonyl (C=O) groups is 2. The normalized spacial score (nSPS) is 14.0. The average molecular weight is 388 g/mol. The van der Waals surface area contributed by atoms with Gasteiger partial charge in [0.05, 0.1) is 0 Å². The second kappa shape index (κ2) is 8.27. The van der Waals surface area contributed by atoms with Gasteiger partial charge in [-0.1, -0.05) is 48.5 Å². The molecule has 1 heterocycles. The largest absolute Gasteiger partial charge is 0.336 e. The van der Waals surface area contributed by atoms with Crippen LogP contribution in [0.15, 0.2) is 78.9 Å². The molecule has 4 rings (SSSR count). The lowest BCUT2D eigenvalue weighted by atomic mass is 9.99. The van der Waals surface area contributed by atoms with E-state index in [0.717, 1.165) is 24.1 Å². The minimum Gasteiger partial charge on any atom is -0.336 e. The molecule has 0 aliphatic carbocycles. The van der Waals surface area contributed by atoms with E-state index in [-0.39, 0.29) is 5.91 Å². The van der Waals surface area contributed by atoms with Gasteiger partial charge in [-0.15, -0.1) is 0 Å². The molecular formula is C24H21FN2O2. The summed E-state index contributed by atoms with van der Waals surface area (Å²) < 4.78 is 13.2. The Bertz CT molecular complexity index is 1020. The summed E-state index contributed by atoms with van der Waals surface area (Å²) >= 11 is 0. The molecule has 29 heavy (non-hydrogen) atoms. The van der Waals surface area contributed by atoms with Gasteiger partial charge in [-0.3, -0.25) is 9.59 Å². The van der Waals surface area contributed by atoms with Gasteiger partial charge in [0.15, 0.2) is 0 Å². The van der Waals surface area contributed by atoms with Crippen molar-refractivity contribution in [3.05, 3.63) is 101 Å². The van der Waals surface area contributed by atoms with E-state index in [1.54, 1.807) is 4.90 Å². The van der Waals surface area contributed by atoms with Crippen molar-refractivity contribution in [1.29, 1.82) is 0 Å². The van der Waals surface area contributed by atoms with Gasteiger partial charge in [0, 0.05) is 17.8 Å². The summed E-state index contributed by atoms with van der Waals surface area (Å²) in [6.07, 6.45) is 1.80. The number of carbonyl (C=O) groups excluding carboxylic acids is 2. The van der Waals surface area contributed by atoms with Gasteiger partial charge in [0.1, 0.15) is 11.9 Å². The van der Waals surface area contributed by atoms with Gasteiger partial charge in [0.25, 0.3) is 11.8 Å². The number of hydrogen-bond donors (Lipinski definition) is 1. The molecule has 0 spiro atoms. The third-order valence-electron chi connectivity index (χ3n) is 5.14. The van der Waals surface area contributed by atoms with E-state index in [9.17, 15) is 14.0 Å². The summed E-state index contributed by atoms with van der Waals surface area (Å²) in [6, 6.07) is 21.5. The summed E-state index contributed by atoms with van der Waals surface area (Å²) in [6.45, 7) is 0.603. The van der Waals surface area contributed by atoms with Crippen LogP contribution in [0.1, 0.15) is 33.9 Å². The van der Waals surface area contributed by atoms with E-state index < -0.39 is 17.8 Å². The molecule has 0 fully saturated rings. The number of aryl methyl sites for hydroxylation is 1. The minimum absolute atomic E-state index is 0.182. The number of nitrogens with zero attached hydrogens (tertiary/aromatic N) is 1. The molecule has 1 aliphatic heterocycles. The predicted molar refractivity (Wildman–Crippen MR) is 110 cm³/mol. The van der Waals surface area contributed by atoms with Gasteiger partial charge in [-0.25, -0.2) is 4.39 Å². The lowest BCUT2D eigenvalue weighted by molar-refractivity contribution is -0.120. The summed E-state index contributed by atoms with van der Waals surface area (Å²) in [7, 11) is 0. The van der Waals surface area contributed by atoms with Crippen LogP contribution < -0.4 is 10.2 Å². The van der Waals surface area contributed by atoms with Crippen LogP contribution in [0.4, 0.5) is 10.1 Å². The van der Waals surface area contributed by atoms with E-state index in [1.165, 1.54) is 24.3 Å². The molecule has 3 aromatic rings. The van der Waals surface area contributed by atoms with Gasteiger partial charge in [-0.05, 0) is 54.3 Å². The Morgan fingerprint density at radius 1 is 0.897 bits per heavy atom. The van der Waals surface area contributed by atoms with E-state index >= 15 is 0 Å². The Labute approximate surface area is 169 Å². The molecule has 0 saturated carbocycles. The van der Waals surface area contributed by atoms with Crippen LogP contribution in [0.5, 0.6) is 0 Å². The van der Waals surface area contributed by atoms with Crippen molar-refractivity contribution in [1.82, 2.24) is 5.32 Å². The molecule has 3 aromatic carbocycles. The van der Waals surface area contributed by atoms with E-state index in [0.29, 0.717) is 17.7 Å². The van der Waals surface area contributed by atoms with Crippen molar-refractivity contribution in [2.45, 2.75) is 18.9 Å². The van der Waals surface area contributed by atoms with Crippen LogP contribution >= 0.6 is 0 Å². The van der Waals surface area contributed by atoms with Crippen molar-refractivity contribution < 1.29 is 14.0 Å². The van der Waals surface area contributed by atoms with Crippen molar-refractivity contribution in [3.63, 3.8) is 0 Å². The number of halogens is 1. The Kier molecular flexibility index (Phi) is 5.38. The molecule has 0 saturated heterocycles. The molecule has 146 valence electrons. The zero-order valence-electron chi connectivity index (χ0n) is 15.8. The van der Waals surface area contributed by atoms with Gasteiger partial charge in [0.2, 0.25) is 0 Å². The molecular weight excluding hydrogens is 367 g/mol. The van der Waals surface area contributed by atoms with Crippen LogP contribution in [0.3, 0.4) is 0 Å². The highest BCUT2D eigenvalue weighted by Crippen LogP contribution is 2.29. The molecule has 0 aromatic heterocycles. The molecule has 5 heteroatoms. The van der Waals surface area contributed by atoms with Crippen LogP contribution in [-0.4, -0.2) is 18.4 Å². The standard InChI is InChI=1S/C24H21FN2O2/c25-20-14-12-19(13-15-20)23(28)26-22(18-8-2-1-3-9-18)24(29)27-16-6-10-17-7-4-5-11-21(17)27/h1-5,7-9,11-15,22H,6,10,16H2,(H,26,28)/t22-/m1/s1. The third-order valence-corrected chi connectivity index (χ3v) is 5.14. The Balaban J connectivity index is 1.65. The lowest BCUT2D eigenvalue weighted by Gasteiger charge is -2.32. The van der Waals surface area contributed by atoms with E-state index in [2.05, 4.69) is 5.32 Å². The predicted octanol–water partition coefficient (Wildman–Crippen LogP) is 4.28. The average Bonchev–Trinajstić information content (AvgIpc) is 2.77. The number of hydrogen-bond acceptors (Lipinski definition) is 2. The molecule has 2 amide bonds. The maximum absolute atomic E-state index is 13.5. The van der Waals surface area contributed by atoms with E-state index in [1.807, 2.05) is 54.6 Å². The Morgan fingerprint density at radius 3 is 2.34 bits per heavy atom. The Hall–Kier alpha value is -3.47. The molecule has 1 atom stereocenters. The molecule has 1 N–H and O–H groups in total. The first-order valence-corrected chi connectivity index (χ1v) is 9.64. The first kappa shape index (κ1) is 18.9. The van der Waals surface area contributed by atoms with Gasteiger partial charge in [-0.2, -0.15) is 0 Å². The molecule has 0 radical (unpaired) electrons. The third kappa shape index (κ3) is 4.04. The maximum atomic E-state index is 13.5. The number of amides is 2. The fraction of sp³-hybridized carbons (Fsp3) is 0.167. The number of para-hydroxylation sites is 1. The van der Waals surface area contributed by atoms with Crippen molar-refractivity contribution >= 4 is 17.5 Å². The highest BCUT2D eigenvalue weighted by Gasteiger charge is 2.31. The number of rotatable bonds is 4. The fourth-order valence-electron chi connectivity index (χ4n) is 3.67. The number of nitrogens with one attached hydrogen (secondary N) is 1. The maximum Gasteiger partial charge on any atom is 0.254 e. The zero-order valence-corrected chi connectivity index (χ0v) is 15.8. The molecule has 4 nitrogen and oxygen atoms in total. The van der Waals surface area contributed by atoms with Gasteiger partial charge >= 0.3 is 0 Å². The highest BCUT2D eigenvalue weighted by molar-refractivity contribution is 6.03. The monoisotopic (exact) mass is 388 g/mol. The van der Waals surface area contributed by atoms with Crippen LogP contribution in [0.2, 0.25) is 0 Å². The topological polar surface area (TPSA) is 49.4 Å². The fourth-order valence-corrected chi connectivity index (χ4v) is 3.67. The first-order chi connectivity index (χ1) is 14.1. The Morgan fingerprint density at radius 2 is 1.59 bits per heavy atom. The quantitative estimate of drug-likeness (QED) is 0.725. The van der Waals surface area contributed by atoms with Crippen LogP contribution in [0, 0.1) is 5.82 Å². The molecule has 1 aliphatic rings. The van der Waals surface area contributed by atoms with Crippen LogP contribution in [-0.2, 0) is 11.2 Å². The van der Waals surface area contributed by atoms with Crippen molar-refractivity contribution in [2.75, 3.05) is 11.4 Å². The number of anilines is 1. The first-order valence-electron chi connectivity index (χ1n) is 9.64. The molecule has 0 unspecified atom stereocenters. The summed E-state index contributed by atoms with van der Waals surface area (Å²) in [5.41, 5.74) is 3.03. The summed E-state index contributed by atoms with van der Waals surface area (Å²) in [4.78, 5) is 28.1. The summed E-state index contributed by atoms with van der Waals surface area (Å²) in [5.74, 6) is -1.02. The number of fused-ring (bicyclic) bond motifs is 1. The van der Waals surface area contributed by atoms with Crippen molar-refractivity contribution in [2.24, 2.45) is 0 Å². The van der Waals surface area contributed by atoms with Crippen LogP contribution in [0.25, 0.3) is 0 Å². The highest BCUT2D eigenvalue weighted by atomic mass is 19.1. The second-order valence-corrected chi connectivity index (χ2v) is 7.05. The molecule has 0 bridgehead atoms. The second-order valence-electron chi connectivity index (χ2n) is 7.05. The SMILES string of the molecule is O=C(N[C@@H](C(=O)N1CCCc2ccccc21)c1ccccc1)c1ccc(F)cc1. The smallest absolute Gasteiger partial charge is 0.254 e. The van der Waals surface area contributed by atoms with Crippen molar-refractivity contribution in [3.8, 4) is 0 Å². The zero-order chi connectivity index (χ0) is 20.2.